The Morgan fingerprint density at radius 2 is 2.55 bits per heavy atom. The van der Waals surface area contributed by atoms with Crippen molar-refractivity contribution in [3.05, 3.63) is 11.6 Å². The van der Waals surface area contributed by atoms with Gasteiger partial charge in [-0.3, -0.25) is 0 Å². The molecule has 0 amide bonds. The smallest absolute Gasteiger partial charge is 0.182 e. The third kappa shape index (κ3) is 2.86. The molecule has 2 N–H and O–H groups in total. The van der Waals surface area contributed by atoms with E-state index in [2.05, 4.69) is 22.5 Å². The van der Waals surface area contributed by atoms with Gasteiger partial charge in [-0.2, -0.15) is 0 Å². The molecule has 1 rings (SSSR count). The molecule has 1 heterocycles. The highest BCUT2D eigenvalue weighted by Gasteiger charge is 2.00. The minimum Gasteiger partial charge on any atom is -0.358 e. The molecule has 1 aromatic rings. The molecule has 0 aliphatic rings. The van der Waals surface area contributed by atoms with Gasteiger partial charge in [-0.1, -0.05) is 0 Å². The fourth-order valence-corrected chi connectivity index (χ4v) is 1.50. The Hall–Kier alpha value is -0.610. The van der Waals surface area contributed by atoms with Crippen LogP contribution in [0.4, 0.5) is 5.13 Å². The summed E-state index contributed by atoms with van der Waals surface area (Å²) in [4.78, 5) is 4.12. The molecule has 1 atom stereocenters. The number of rotatable bonds is 4. The van der Waals surface area contributed by atoms with Crippen LogP contribution < -0.4 is 10.6 Å². The molecular weight excluding hydrogens is 158 g/mol. The zero-order valence-corrected chi connectivity index (χ0v) is 7.61. The van der Waals surface area contributed by atoms with E-state index in [-0.39, 0.29) is 0 Å². The van der Waals surface area contributed by atoms with Crippen molar-refractivity contribution < 1.29 is 0 Å². The number of aromatic nitrogens is 1. The van der Waals surface area contributed by atoms with Gasteiger partial charge >= 0.3 is 0 Å². The maximum Gasteiger partial charge on any atom is 0.182 e. The van der Waals surface area contributed by atoms with Gasteiger partial charge in [-0.05, 0) is 14.0 Å². The van der Waals surface area contributed by atoms with Gasteiger partial charge < -0.3 is 10.6 Å². The second-order valence-corrected chi connectivity index (χ2v) is 3.33. The number of nitrogens with one attached hydrogen (secondary N) is 2. The fourth-order valence-electron chi connectivity index (χ4n) is 0.863. The van der Waals surface area contributed by atoms with Crippen molar-refractivity contribution in [1.82, 2.24) is 10.3 Å². The van der Waals surface area contributed by atoms with Crippen molar-refractivity contribution >= 4 is 16.5 Å². The van der Waals surface area contributed by atoms with Gasteiger partial charge in [0.05, 0.1) is 0 Å². The van der Waals surface area contributed by atoms with Crippen LogP contribution in [0.3, 0.4) is 0 Å². The molecule has 1 unspecified atom stereocenters. The first-order chi connectivity index (χ1) is 5.33. The summed E-state index contributed by atoms with van der Waals surface area (Å²) in [6.07, 6.45) is 1.80. The molecule has 3 nitrogen and oxygen atoms in total. The third-order valence-electron chi connectivity index (χ3n) is 1.31. The molecule has 0 bridgehead atoms. The van der Waals surface area contributed by atoms with Crippen molar-refractivity contribution in [1.29, 1.82) is 0 Å². The Morgan fingerprint density at radius 1 is 1.73 bits per heavy atom. The number of likely N-dealkylation sites (N-methyl/N-ethyl adjacent to an activating group) is 1. The highest BCUT2D eigenvalue weighted by atomic mass is 32.1. The van der Waals surface area contributed by atoms with Gasteiger partial charge in [-0.25, -0.2) is 4.98 Å². The average molecular weight is 171 g/mol. The number of hydrogen-bond donors (Lipinski definition) is 2. The van der Waals surface area contributed by atoms with Crippen LogP contribution in [0.5, 0.6) is 0 Å². The summed E-state index contributed by atoms with van der Waals surface area (Å²) in [5.41, 5.74) is 0. The van der Waals surface area contributed by atoms with Gasteiger partial charge in [0.25, 0.3) is 0 Å². The lowest BCUT2D eigenvalue weighted by atomic mass is 10.3. The van der Waals surface area contributed by atoms with Gasteiger partial charge in [0.1, 0.15) is 0 Å². The SMILES string of the molecule is CNCC(C)Nc1nccs1. The third-order valence-corrected chi connectivity index (χ3v) is 2.02. The summed E-state index contributed by atoms with van der Waals surface area (Å²) in [7, 11) is 1.94. The van der Waals surface area contributed by atoms with Crippen molar-refractivity contribution in [2.75, 3.05) is 18.9 Å². The predicted molar refractivity (Wildman–Crippen MR) is 49.1 cm³/mol. The Morgan fingerprint density at radius 3 is 3.09 bits per heavy atom. The lowest BCUT2D eigenvalue weighted by Gasteiger charge is -2.10. The summed E-state index contributed by atoms with van der Waals surface area (Å²) in [5.74, 6) is 0. The van der Waals surface area contributed by atoms with Crippen LogP contribution in [0.25, 0.3) is 0 Å². The molecule has 0 aromatic carbocycles. The van der Waals surface area contributed by atoms with Crippen molar-refractivity contribution in [2.24, 2.45) is 0 Å². The number of nitrogens with zero attached hydrogens (tertiary/aromatic N) is 1. The summed E-state index contributed by atoms with van der Waals surface area (Å²) in [5, 5.41) is 9.32. The highest BCUT2D eigenvalue weighted by molar-refractivity contribution is 7.13. The molecule has 0 aliphatic carbocycles. The lowest BCUT2D eigenvalue weighted by Crippen LogP contribution is -2.27. The zero-order valence-electron chi connectivity index (χ0n) is 6.79. The van der Waals surface area contributed by atoms with E-state index in [0.717, 1.165) is 11.7 Å². The first-order valence-corrected chi connectivity index (χ1v) is 4.51. The van der Waals surface area contributed by atoms with Crippen LogP contribution in [0.15, 0.2) is 11.6 Å². The quantitative estimate of drug-likeness (QED) is 0.714. The van der Waals surface area contributed by atoms with E-state index in [1.165, 1.54) is 0 Å². The maximum absolute atomic E-state index is 4.12. The summed E-state index contributed by atoms with van der Waals surface area (Å²) in [6.45, 7) is 3.08. The largest absolute Gasteiger partial charge is 0.358 e. The van der Waals surface area contributed by atoms with Crippen molar-refractivity contribution in [2.45, 2.75) is 13.0 Å². The Balaban J connectivity index is 2.31. The Kier molecular flexibility index (Phi) is 3.32. The van der Waals surface area contributed by atoms with E-state index in [1.54, 1.807) is 17.5 Å². The minimum absolute atomic E-state index is 0.436. The summed E-state index contributed by atoms with van der Waals surface area (Å²) in [6, 6.07) is 0.436. The molecule has 4 heteroatoms. The average Bonchev–Trinajstić information content (AvgIpc) is 2.40. The number of thiazole rings is 1. The second kappa shape index (κ2) is 4.31. The monoisotopic (exact) mass is 171 g/mol. The van der Waals surface area contributed by atoms with E-state index in [4.69, 9.17) is 0 Å². The van der Waals surface area contributed by atoms with E-state index in [0.29, 0.717) is 6.04 Å². The topological polar surface area (TPSA) is 37.0 Å². The van der Waals surface area contributed by atoms with Crippen LogP contribution in [0.1, 0.15) is 6.92 Å². The first-order valence-electron chi connectivity index (χ1n) is 3.63. The molecule has 0 fully saturated rings. The molecule has 0 aliphatic heterocycles. The van der Waals surface area contributed by atoms with Crippen molar-refractivity contribution in [3.8, 4) is 0 Å². The zero-order chi connectivity index (χ0) is 8.10. The molecule has 0 saturated carbocycles. The van der Waals surface area contributed by atoms with Gasteiger partial charge in [-0.15, -0.1) is 11.3 Å². The number of anilines is 1. The molecule has 1 aromatic heterocycles. The van der Waals surface area contributed by atoms with Gasteiger partial charge in [0.15, 0.2) is 5.13 Å². The van der Waals surface area contributed by atoms with Gasteiger partial charge in [0.2, 0.25) is 0 Å². The molecule has 62 valence electrons. The van der Waals surface area contributed by atoms with Crippen LogP contribution in [-0.4, -0.2) is 24.6 Å². The standard InChI is InChI=1S/C7H13N3S/c1-6(5-8-2)10-7-9-3-4-11-7/h3-4,6,8H,5H2,1-2H3,(H,9,10). The van der Waals surface area contributed by atoms with Crippen molar-refractivity contribution in [3.63, 3.8) is 0 Å². The minimum atomic E-state index is 0.436. The Labute approximate surface area is 70.9 Å². The molecule has 11 heavy (non-hydrogen) atoms. The predicted octanol–water partition coefficient (Wildman–Crippen LogP) is 1.16. The molecular formula is C7H13N3S. The lowest BCUT2D eigenvalue weighted by molar-refractivity contribution is 0.700. The van der Waals surface area contributed by atoms with E-state index in [9.17, 15) is 0 Å². The van der Waals surface area contributed by atoms with Crippen LogP contribution in [-0.2, 0) is 0 Å². The maximum atomic E-state index is 4.12. The van der Waals surface area contributed by atoms with E-state index in [1.807, 2.05) is 12.4 Å². The van der Waals surface area contributed by atoms with Crippen LogP contribution in [0, 0.1) is 0 Å². The molecule has 0 spiro atoms. The highest BCUT2D eigenvalue weighted by Crippen LogP contribution is 2.10. The molecule has 0 radical (unpaired) electrons. The van der Waals surface area contributed by atoms with Crippen LogP contribution in [0.2, 0.25) is 0 Å². The normalized spacial score (nSPS) is 12.9. The summed E-state index contributed by atoms with van der Waals surface area (Å²) < 4.78 is 0. The second-order valence-electron chi connectivity index (χ2n) is 2.44. The summed E-state index contributed by atoms with van der Waals surface area (Å²) >= 11 is 1.63. The molecule has 0 saturated heterocycles. The van der Waals surface area contributed by atoms with Gasteiger partial charge in [0, 0.05) is 24.2 Å². The Bertz CT molecular complexity index is 186. The van der Waals surface area contributed by atoms with E-state index < -0.39 is 0 Å². The van der Waals surface area contributed by atoms with E-state index >= 15 is 0 Å². The first kappa shape index (κ1) is 8.49. The number of hydrogen-bond acceptors (Lipinski definition) is 4. The fraction of sp³-hybridized carbons (Fsp3) is 0.571. The van der Waals surface area contributed by atoms with Crippen LogP contribution >= 0.6 is 11.3 Å².